The van der Waals surface area contributed by atoms with E-state index in [4.69, 9.17) is 4.98 Å². The van der Waals surface area contributed by atoms with Crippen molar-refractivity contribution in [3.05, 3.63) is 29.2 Å². The Hall–Kier alpha value is -1.33. The molecule has 4 nitrogen and oxygen atoms in total. The highest BCUT2D eigenvalue weighted by Gasteiger charge is 2.23. The second kappa shape index (κ2) is 6.41. The average Bonchev–Trinajstić information content (AvgIpc) is 2.84. The van der Waals surface area contributed by atoms with Gasteiger partial charge in [0.25, 0.3) is 0 Å². The van der Waals surface area contributed by atoms with Crippen molar-refractivity contribution < 1.29 is 0 Å². The van der Waals surface area contributed by atoms with Gasteiger partial charge in [0, 0.05) is 23.0 Å². The van der Waals surface area contributed by atoms with E-state index in [9.17, 15) is 0 Å². The highest BCUT2D eigenvalue weighted by molar-refractivity contribution is 7.15. The molecule has 2 heterocycles. The number of nitrogens with one attached hydrogen (secondary N) is 1. The number of aromatic nitrogens is 3. The van der Waals surface area contributed by atoms with Gasteiger partial charge < -0.3 is 5.32 Å². The Morgan fingerprint density at radius 2 is 2.10 bits per heavy atom. The number of hydrogen-bond donors (Lipinski definition) is 1. The molecule has 0 spiro atoms. The SMILES string of the molecule is CCCNCc1sc(-c2ccncn2)nc1C(C)(C)C. The van der Waals surface area contributed by atoms with Gasteiger partial charge in [0.1, 0.15) is 17.0 Å². The molecule has 2 rings (SSSR count). The van der Waals surface area contributed by atoms with Crippen molar-refractivity contribution in [2.75, 3.05) is 6.54 Å². The summed E-state index contributed by atoms with van der Waals surface area (Å²) in [6.45, 7) is 10.7. The molecule has 0 saturated carbocycles. The van der Waals surface area contributed by atoms with Crippen molar-refractivity contribution in [1.29, 1.82) is 0 Å². The zero-order valence-electron chi connectivity index (χ0n) is 12.6. The summed E-state index contributed by atoms with van der Waals surface area (Å²) in [5, 5.41) is 4.44. The van der Waals surface area contributed by atoms with Gasteiger partial charge in [0.05, 0.1) is 5.69 Å². The lowest BCUT2D eigenvalue weighted by Crippen LogP contribution is -2.19. The molecule has 2 aromatic rings. The molecule has 0 radical (unpaired) electrons. The van der Waals surface area contributed by atoms with Crippen LogP contribution in [0, 0.1) is 0 Å². The first kappa shape index (κ1) is 15.1. The summed E-state index contributed by atoms with van der Waals surface area (Å²) in [7, 11) is 0. The van der Waals surface area contributed by atoms with Crippen molar-refractivity contribution in [2.24, 2.45) is 0 Å². The molecular weight excluding hydrogens is 268 g/mol. The Labute approximate surface area is 124 Å². The van der Waals surface area contributed by atoms with Crippen molar-refractivity contribution in [2.45, 2.75) is 46.1 Å². The van der Waals surface area contributed by atoms with Crippen LogP contribution in [0.25, 0.3) is 10.7 Å². The Balaban J connectivity index is 2.32. The van der Waals surface area contributed by atoms with E-state index >= 15 is 0 Å². The lowest BCUT2D eigenvalue weighted by Gasteiger charge is -2.17. The van der Waals surface area contributed by atoms with E-state index in [0.29, 0.717) is 0 Å². The second-order valence-corrected chi connectivity index (χ2v) is 6.90. The third-order valence-electron chi connectivity index (χ3n) is 2.92. The van der Waals surface area contributed by atoms with Gasteiger partial charge in [-0.2, -0.15) is 0 Å². The van der Waals surface area contributed by atoms with Gasteiger partial charge in [0.15, 0.2) is 0 Å². The summed E-state index contributed by atoms with van der Waals surface area (Å²) in [5.41, 5.74) is 2.11. The van der Waals surface area contributed by atoms with Crippen LogP contribution in [-0.2, 0) is 12.0 Å². The van der Waals surface area contributed by atoms with Crippen molar-refractivity contribution in [3.63, 3.8) is 0 Å². The monoisotopic (exact) mass is 290 g/mol. The molecule has 0 aromatic carbocycles. The van der Waals surface area contributed by atoms with Gasteiger partial charge in [-0.3, -0.25) is 0 Å². The van der Waals surface area contributed by atoms with E-state index < -0.39 is 0 Å². The Kier molecular flexibility index (Phi) is 4.83. The van der Waals surface area contributed by atoms with Gasteiger partial charge in [0.2, 0.25) is 0 Å². The summed E-state index contributed by atoms with van der Waals surface area (Å²) in [5.74, 6) is 0. The fourth-order valence-corrected chi connectivity index (χ4v) is 3.18. The van der Waals surface area contributed by atoms with Gasteiger partial charge in [-0.1, -0.05) is 27.7 Å². The molecule has 0 unspecified atom stereocenters. The lowest BCUT2D eigenvalue weighted by molar-refractivity contribution is 0.559. The van der Waals surface area contributed by atoms with Crippen molar-refractivity contribution in [3.8, 4) is 10.7 Å². The minimum absolute atomic E-state index is 0.0466. The maximum absolute atomic E-state index is 4.82. The summed E-state index contributed by atoms with van der Waals surface area (Å²) in [4.78, 5) is 14.4. The molecule has 0 aliphatic carbocycles. The minimum Gasteiger partial charge on any atom is -0.312 e. The van der Waals surface area contributed by atoms with Crippen LogP contribution in [0.3, 0.4) is 0 Å². The highest BCUT2D eigenvalue weighted by Crippen LogP contribution is 2.33. The first-order valence-corrected chi connectivity index (χ1v) is 7.81. The number of thiazole rings is 1. The zero-order valence-corrected chi connectivity index (χ0v) is 13.4. The van der Waals surface area contributed by atoms with Crippen LogP contribution in [0.15, 0.2) is 18.6 Å². The molecule has 1 N–H and O–H groups in total. The summed E-state index contributed by atoms with van der Waals surface area (Å²) >= 11 is 1.73. The number of rotatable bonds is 5. The van der Waals surface area contributed by atoms with Gasteiger partial charge in [-0.25, -0.2) is 15.0 Å². The van der Waals surface area contributed by atoms with E-state index in [0.717, 1.165) is 30.2 Å². The van der Waals surface area contributed by atoms with Gasteiger partial charge in [-0.05, 0) is 19.0 Å². The summed E-state index contributed by atoms with van der Waals surface area (Å²) < 4.78 is 0. The Bertz CT molecular complexity index is 543. The smallest absolute Gasteiger partial charge is 0.142 e. The summed E-state index contributed by atoms with van der Waals surface area (Å²) in [6, 6.07) is 1.91. The van der Waals surface area contributed by atoms with Crippen molar-refractivity contribution in [1.82, 2.24) is 20.3 Å². The van der Waals surface area contributed by atoms with Crippen LogP contribution in [0.4, 0.5) is 0 Å². The largest absolute Gasteiger partial charge is 0.312 e. The molecular formula is C15H22N4S. The Morgan fingerprint density at radius 1 is 1.30 bits per heavy atom. The topological polar surface area (TPSA) is 50.7 Å². The molecule has 0 fully saturated rings. The van der Waals surface area contributed by atoms with E-state index in [1.807, 2.05) is 6.07 Å². The van der Waals surface area contributed by atoms with Crippen LogP contribution >= 0.6 is 11.3 Å². The molecule has 108 valence electrons. The Morgan fingerprint density at radius 3 is 2.70 bits per heavy atom. The first-order chi connectivity index (χ1) is 9.52. The van der Waals surface area contributed by atoms with E-state index in [1.165, 1.54) is 10.6 Å². The third kappa shape index (κ3) is 3.61. The minimum atomic E-state index is 0.0466. The highest BCUT2D eigenvalue weighted by atomic mass is 32.1. The van der Waals surface area contributed by atoms with E-state index in [1.54, 1.807) is 23.9 Å². The van der Waals surface area contributed by atoms with Crippen LogP contribution < -0.4 is 5.32 Å². The lowest BCUT2D eigenvalue weighted by atomic mass is 9.91. The molecule has 20 heavy (non-hydrogen) atoms. The second-order valence-electron chi connectivity index (χ2n) is 5.81. The first-order valence-electron chi connectivity index (χ1n) is 6.99. The third-order valence-corrected chi connectivity index (χ3v) is 4.00. The van der Waals surface area contributed by atoms with Gasteiger partial charge in [-0.15, -0.1) is 11.3 Å². The summed E-state index contributed by atoms with van der Waals surface area (Å²) in [6.07, 6.45) is 4.47. The fraction of sp³-hybridized carbons (Fsp3) is 0.533. The van der Waals surface area contributed by atoms with E-state index in [2.05, 4.69) is 43.0 Å². The quantitative estimate of drug-likeness (QED) is 0.858. The molecule has 0 aliphatic rings. The van der Waals surface area contributed by atoms with Gasteiger partial charge >= 0.3 is 0 Å². The maximum Gasteiger partial charge on any atom is 0.142 e. The standard InChI is InChI=1S/C15H22N4S/c1-5-7-16-9-12-13(15(2,3)4)19-14(20-12)11-6-8-17-10-18-11/h6,8,10,16H,5,7,9H2,1-4H3. The van der Waals surface area contributed by atoms with Crippen LogP contribution in [0.2, 0.25) is 0 Å². The van der Waals surface area contributed by atoms with E-state index in [-0.39, 0.29) is 5.41 Å². The predicted molar refractivity (Wildman–Crippen MR) is 83.8 cm³/mol. The molecule has 5 heteroatoms. The molecule has 0 bridgehead atoms. The number of hydrogen-bond acceptors (Lipinski definition) is 5. The molecule has 0 amide bonds. The molecule has 0 saturated heterocycles. The normalized spacial score (nSPS) is 11.8. The predicted octanol–water partition coefficient (Wildman–Crippen LogP) is 3.40. The molecule has 0 aliphatic heterocycles. The fourth-order valence-electron chi connectivity index (χ4n) is 1.96. The zero-order chi connectivity index (χ0) is 14.6. The average molecular weight is 290 g/mol. The van der Waals surface area contributed by atoms with Crippen molar-refractivity contribution >= 4 is 11.3 Å². The number of nitrogens with zero attached hydrogens (tertiary/aromatic N) is 3. The maximum atomic E-state index is 4.82. The van der Waals surface area contributed by atoms with Crippen LogP contribution in [0.5, 0.6) is 0 Å². The molecule has 0 atom stereocenters. The molecule has 2 aromatic heterocycles. The van der Waals surface area contributed by atoms with Crippen LogP contribution in [0.1, 0.15) is 44.7 Å². The van der Waals surface area contributed by atoms with Crippen LogP contribution in [-0.4, -0.2) is 21.5 Å².